The van der Waals surface area contributed by atoms with Crippen LogP contribution in [0.1, 0.15) is 39.0 Å². The van der Waals surface area contributed by atoms with Crippen LogP contribution >= 0.6 is 0 Å². The number of ether oxygens (including phenoxy) is 2. The third-order valence-electron chi connectivity index (χ3n) is 4.46. The van der Waals surface area contributed by atoms with Crippen LogP contribution in [0.15, 0.2) is 0 Å². The highest BCUT2D eigenvalue weighted by molar-refractivity contribution is 5.79. The van der Waals surface area contributed by atoms with E-state index in [0.29, 0.717) is 38.4 Å². The van der Waals surface area contributed by atoms with Crippen LogP contribution in [-0.4, -0.2) is 37.0 Å². The SMILES string of the molecule is COC(=O)C1(C2(O)CCCC(C)C2)CCOC1. The Morgan fingerprint density at radius 2 is 2.24 bits per heavy atom. The van der Waals surface area contributed by atoms with Crippen molar-refractivity contribution in [3.8, 4) is 0 Å². The fourth-order valence-electron chi connectivity index (χ4n) is 3.44. The van der Waals surface area contributed by atoms with Gasteiger partial charge in [0.2, 0.25) is 0 Å². The van der Waals surface area contributed by atoms with E-state index in [1.165, 1.54) is 7.11 Å². The summed E-state index contributed by atoms with van der Waals surface area (Å²) < 4.78 is 10.3. The Kier molecular flexibility index (Phi) is 3.46. The highest BCUT2D eigenvalue weighted by Gasteiger charge is 2.59. The molecule has 2 fully saturated rings. The second-order valence-corrected chi connectivity index (χ2v) is 5.61. The molecule has 4 heteroatoms. The fourth-order valence-corrected chi connectivity index (χ4v) is 3.44. The quantitative estimate of drug-likeness (QED) is 0.746. The smallest absolute Gasteiger partial charge is 0.317 e. The van der Waals surface area contributed by atoms with Gasteiger partial charge in [0.1, 0.15) is 5.41 Å². The molecule has 0 aromatic rings. The lowest BCUT2D eigenvalue weighted by molar-refractivity contribution is -0.180. The molecule has 4 nitrogen and oxygen atoms in total. The maximum atomic E-state index is 12.1. The first-order valence-electron chi connectivity index (χ1n) is 6.43. The predicted molar refractivity (Wildman–Crippen MR) is 62.5 cm³/mol. The van der Waals surface area contributed by atoms with Gasteiger partial charge in [0.05, 0.1) is 19.3 Å². The Balaban J connectivity index is 2.28. The van der Waals surface area contributed by atoms with Crippen LogP contribution < -0.4 is 0 Å². The van der Waals surface area contributed by atoms with Crippen LogP contribution in [0.2, 0.25) is 0 Å². The summed E-state index contributed by atoms with van der Waals surface area (Å²) in [5.74, 6) is 0.141. The molecule has 2 aliphatic rings. The molecule has 1 heterocycles. The zero-order chi connectivity index (χ0) is 12.5. The van der Waals surface area contributed by atoms with Gasteiger partial charge in [0, 0.05) is 6.61 Å². The first-order valence-corrected chi connectivity index (χ1v) is 6.43. The summed E-state index contributed by atoms with van der Waals surface area (Å²) in [5, 5.41) is 10.9. The predicted octanol–water partition coefficient (Wildman–Crippen LogP) is 1.51. The summed E-state index contributed by atoms with van der Waals surface area (Å²) in [7, 11) is 1.39. The molecule has 0 amide bonds. The summed E-state index contributed by atoms with van der Waals surface area (Å²) in [5.41, 5.74) is -1.79. The number of esters is 1. The van der Waals surface area contributed by atoms with Crippen LogP contribution in [0.4, 0.5) is 0 Å². The van der Waals surface area contributed by atoms with Crippen molar-refractivity contribution in [1.29, 1.82) is 0 Å². The van der Waals surface area contributed by atoms with Crippen molar-refractivity contribution in [1.82, 2.24) is 0 Å². The topological polar surface area (TPSA) is 55.8 Å². The Morgan fingerprint density at radius 1 is 1.47 bits per heavy atom. The number of hydrogen-bond acceptors (Lipinski definition) is 4. The Hall–Kier alpha value is -0.610. The van der Waals surface area contributed by atoms with Crippen LogP contribution in [0, 0.1) is 11.3 Å². The summed E-state index contributed by atoms with van der Waals surface area (Å²) in [6.45, 7) is 2.96. The Bertz CT molecular complexity index is 296. The molecule has 0 bridgehead atoms. The first kappa shape index (κ1) is 12.8. The molecule has 1 aliphatic carbocycles. The van der Waals surface area contributed by atoms with Crippen molar-refractivity contribution in [3.63, 3.8) is 0 Å². The molecule has 1 aliphatic heterocycles. The van der Waals surface area contributed by atoms with Crippen LogP contribution in [-0.2, 0) is 14.3 Å². The molecule has 0 aromatic heterocycles. The zero-order valence-electron chi connectivity index (χ0n) is 10.7. The highest BCUT2D eigenvalue weighted by Crippen LogP contribution is 2.49. The van der Waals surface area contributed by atoms with Crippen LogP contribution in [0.25, 0.3) is 0 Å². The van der Waals surface area contributed by atoms with Crippen molar-refractivity contribution in [2.45, 2.75) is 44.6 Å². The van der Waals surface area contributed by atoms with Crippen molar-refractivity contribution >= 4 is 5.97 Å². The van der Waals surface area contributed by atoms with Gasteiger partial charge in [-0.05, 0) is 25.2 Å². The van der Waals surface area contributed by atoms with E-state index in [1.807, 2.05) is 0 Å². The number of rotatable bonds is 2. The van der Waals surface area contributed by atoms with Crippen LogP contribution in [0.3, 0.4) is 0 Å². The molecule has 3 unspecified atom stereocenters. The van der Waals surface area contributed by atoms with Gasteiger partial charge in [-0.3, -0.25) is 4.79 Å². The molecular weight excluding hydrogens is 220 g/mol. The van der Waals surface area contributed by atoms with Gasteiger partial charge in [0.15, 0.2) is 0 Å². The third-order valence-corrected chi connectivity index (χ3v) is 4.46. The molecule has 98 valence electrons. The van der Waals surface area contributed by atoms with Crippen molar-refractivity contribution < 1.29 is 19.4 Å². The molecule has 0 spiro atoms. The monoisotopic (exact) mass is 242 g/mol. The number of carbonyl (C=O) groups excluding carboxylic acids is 1. The van der Waals surface area contributed by atoms with Gasteiger partial charge in [-0.2, -0.15) is 0 Å². The third kappa shape index (κ3) is 1.97. The lowest BCUT2D eigenvalue weighted by Gasteiger charge is -2.46. The maximum Gasteiger partial charge on any atom is 0.317 e. The van der Waals surface area contributed by atoms with Crippen molar-refractivity contribution in [2.75, 3.05) is 20.3 Å². The molecular formula is C13H22O4. The fraction of sp³-hybridized carbons (Fsp3) is 0.923. The average Bonchev–Trinajstić information content (AvgIpc) is 2.78. The van der Waals surface area contributed by atoms with Crippen molar-refractivity contribution in [2.24, 2.45) is 11.3 Å². The number of carbonyl (C=O) groups is 1. The molecule has 1 saturated carbocycles. The standard InChI is InChI=1S/C13H22O4/c1-10-4-3-5-13(15,8-10)12(11(14)16-2)6-7-17-9-12/h10,15H,3-9H2,1-2H3. The Labute approximate surface area is 102 Å². The van der Waals surface area contributed by atoms with Gasteiger partial charge in [0.25, 0.3) is 0 Å². The van der Waals surface area contributed by atoms with Gasteiger partial charge in [-0.25, -0.2) is 0 Å². The zero-order valence-corrected chi connectivity index (χ0v) is 10.7. The molecule has 3 atom stereocenters. The van der Waals surface area contributed by atoms with E-state index in [0.717, 1.165) is 12.8 Å². The van der Waals surface area contributed by atoms with E-state index in [2.05, 4.69) is 6.92 Å². The summed E-state index contributed by atoms with van der Waals surface area (Å²) >= 11 is 0. The number of methoxy groups -OCH3 is 1. The first-order chi connectivity index (χ1) is 8.04. The number of aliphatic hydroxyl groups is 1. The molecule has 0 aromatic carbocycles. The molecule has 0 radical (unpaired) electrons. The van der Waals surface area contributed by atoms with E-state index in [1.54, 1.807) is 0 Å². The summed E-state index contributed by atoms with van der Waals surface area (Å²) in [4.78, 5) is 12.1. The van der Waals surface area contributed by atoms with Gasteiger partial charge in [-0.1, -0.05) is 19.8 Å². The summed E-state index contributed by atoms with van der Waals surface area (Å²) in [6.07, 6.45) is 4.01. The lowest BCUT2D eigenvalue weighted by Crippen LogP contribution is -2.56. The minimum Gasteiger partial charge on any atom is -0.468 e. The van der Waals surface area contributed by atoms with E-state index in [-0.39, 0.29) is 5.97 Å². The van der Waals surface area contributed by atoms with E-state index < -0.39 is 11.0 Å². The highest BCUT2D eigenvalue weighted by atomic mass is 16.5. The van der Waals surface area contributed by atoms with E-state index in [4.69, 9.17) is 9.47 Å². The lowest BCUT2D eigenvalue weighted by atomic mass is 9.62. The van der Waals surface area contributed by atoms with Gasteiger partial charge >= 0.3 is 5.97 Å². The van der Waals surface area contributed by atoms with E-state index >= 15 is 0 Å². The molecule has 1 saturated heterocycles. The number of hydrogen-bond donors (Lipinski definition) is 1. The van der Waals surface area contributed by atoms with Gasteiger partial charge in [-0.15, -0.1) is 0 Å². The molecule has 17 heavy (non-hydrogen) atoms. The second kappa shape index (κ2) is 4.58. The van der Waals surface area contributed by atoms with Gasteiger partial charge < -0.3 is 14.6 Å². The summed E-state index contributed by atoms with van der Waals surface area (Å²) in [6, 6.07) is 0. The normalized spacial score (nSPS) is 42.4. The maximum absolute atomic E-state index is 12.1. The van der Waals surface area contributed by atoms with Crippen LogP contribution in [0.5, 0.6) is 0 Å². The Morgan fingerprint density at radius 3 is 2.76 bits per heavy atom. The minimum absolute atomic E-state index is 0.295. The van der Waals surface area contributed by atoms with E-state index in [9.17, 15) is 9.90 Å². The minimum atomic E-state index is -0.950. The second-order valence-electron chi connectivity index (χ2n) is 5.61. The van der Waals surface area contributed by atoms with Crippen molar-refractivity contribution in [3.05, 3.63) is 0 Å². The largest absolute Gasteiger partial charge is 0.468 e. The molecule has 2 rings (SSSR count). The average molecular weight is 242 g/mol. The molecule has 1 N–H and O–H groups in total.